The summed E-state index contributed by atoms with van der Waals surface area (Å²) in [6, 6.07) is 4.99. The summed E-state index contributed by atoms with van der Waals surface area (Å²) < 4.78 is 0. The number of para-hydroxylation sites is 1. The van der Waals surface area contributed by atoms with Crippen LogP contribution in [0, 0.1) is 0 Å². The topological polar surface area (TPSA) is 69.4 Å². The number of benzene rings is 1. The smallest absolute Gasteiger partial charge is 0.0736 e. The van der Waals surface area contributed by atoms with Gasteiger partial charge in [-0.1, -0.05) is 18.2 Å². The Morgan fingerprint density at radius 1 is 1.47 bits per heavy atom. The third-order valence-electron chi connectivity index (χ3n) is 2.24. The number of likely N-dealkylation sites (N-methyl/N-ethyl adjacent to an activating group) is 1. The predicted molar refractivity (Wildman–Crippen MR) is 57.4 cm³/mol. The first kappa shape index (κ1) is 11.5. The number of carbonyl (C=O) groups is 1. The summed E-state index contributed by atoms with van der Waals surface area (Å²) in [5, 5.41) is 10.7. The highest BCUT2D eigenvalue weighted by Crippen LogP contribution is 2.17. The van der Waals surface area contributed by atoms with Crippen molar-refractivity contribution in [2.24, 2.45) is 0 Å². The summed E-state index contributed by atoms with van der Waals surface area (Å²) in [4.78, 5) is 12.7. The van der Waals surface area contributed by atoms with Gasteiger partial charge < -0.3 is 20.5 Å². The minimum atomic E-state index is -1.22. The minimum Gasteiger partial charge on any atom is -0.545 e. The summed E-state index contributed by atoms with van der Waals surface area (Å²) >= 11 is 0. The summed E-state index contributed by atoms with van der Waals surface area (Å²) in [5.74, 6) is -1.22. The van der Waals surface area contributed by atoms with Crippen molar-refractivity contribution >= 4 is 11.7 Å². The molecule has 0 fully saturated rings. The van der Waals surface area contributed by atoms with Gasteiger partial charge in [0, 0.05) is 17.8 Å². The van der Waals surface area contributed by atoms with Crippen LogP contribution in [0.25, 0.3) is 0 Å². The molecule has 0 aromatic heterocycles. The number of carboxylic acid groups (broad SMARTS) is 1. The van der Waals surface area contributed by atoms with Crippen molar-refractivity contribution in [3.05, 3.63) is 29.3 Å². The Balaban J connectivity index is 2.89. The van der Waals surface area contributed by atoms with Gasteiger partial charge in [-0.25, -0.2) is 0 Å². The van der Waals surface area contributed by atoms with Crippen molar-refractivity contribution in [2.45, 2.75) is 6.42 Å². The Morgan fingerprint density at radius 3 is 2.67 bits per heavy atom. The van der Waals surface area contributed by atoms with Crippen LogP contribution in [0.1, 0.15) is 15.9 Å². The van der Waals surface area contributed by atoms with Gasteiger partial charge in [0.15, 0.2) is 0 Å². The molecule has 1 aromatic rings. The number of rotatable bonds is 4. The highest BCUT2D eigenvalue weighted by Gasteiger charge is 2.05. The number of nitrogens with two attached hydrogens (primary N) is 1. The summed E-state index contributed by atoms with van der Waals surface area (Å²) in [7, 11) is 3.91. The second-order valence-corrected chi connectivity index (χ2v) is 3.72. The quantitative estimate of drug-likeness (QED) is 0.690. The van der Waals surface area contributed by atoms with Gasteiger partial charge in [0.1, 0.15) is 0 Å². The fourth-order valence-electron chi connectivity index (χ4n) is 1.35. The van der Waals surface area contributed by atoms with Gasteiger partial charge >= 0.3 is 0 Å². The molecule has 82 valence electrons. The molecule has 1 aromatic carbocycles. The molecule has 0 saturated carbocycles. The first-order chi connectivity index (χ1) is 7.02. The maximum absolute atomic E-state index is 10.7. The van der Waals surface area contributed by atoms with Crippen LogP contribution in [0.2, 0.25) is 0 Å². The van der Waals surface area contributed by atoms with E-state index in [0.717, 1.165) is 18.5 Å². The van der Waals surface area contributed by atoms with Gasteiger partial charge in [0.05, 0.1) is 5.97 Å². The van der Waals surface area contributed by atoms with Crippen LogP contribution in [0.4, 0.5) is 5.69 Å². The van der Waals surface area contributed by atoms with E-state index < -0.39 is 5.97 Å². The molecule has 0 aliphatic heterocycles. The van der Waals surface area contributed by atoms with E-state index in [1.54, 1.807) is 6.07 Å². The second kappa shape index (κ2) is 4.79. The van der Waals surface area contributed by atoms with E-state index in [0.29, 0.717) is 5.69 Å². The molecule has 0 spiro atoms. The number of hydrogen-bond acceptors (Lipinski definition) is 4. The van der Waals surface area contributed by atoms with Crippen molar-refractivity contribution in [3.63, 3.8) is 0 Å². The van der Waals surface area contributed by atoms with Gasteiger partial charge in [0.2, 0.25) is 0 Å². The number of hydrogen-bond donors (Lipinski definition) is 1. The molecule has 0 radical (unpaired) electrons. The number of nitrogens with zero attached hydrogens (tertiary/aromatic N) is 1. The average molecular weight is 207 g/mol. The van der Waals surface area contributed by atoms with E-state index in [1.165, 1.54) is 6.07 Å². The van der Waals surface area contributed by atoms with Crippen LogP contribution in [0.15, 0.2) is 18.2 Å². The highest BCUT2D eigenvalue weighted by molar-refractivity contribution is 5.92. The lowest BCUT2D eigenvalue weighted by molar-refractivity contribution is -0.254. The van der Waals surface area contributed by atoms with Gasteiger partial charge in [-0.3, -0.25) is 0 Å². The molecule has 4 nitrogen and oxygen atoms in total. The van der Waals surface area contributed by atoms with Gasteiger partial charge in [0.25, 0.3) is 0 Å². The monoisotopic (exact) mass is 207 g/mol. The molecule has 0 saturated heterocycles. The fourth-order valence-corrected chi connectivity index (χ4v) is 1.35. The molecule has 0 aliphatic carbocycles. The zero-order valence-electron chi connectivity index (χ0n) is 8.99. The zero-order valence-corrected chi connectivity index (χ0v) is 8.99. The standard InChI is InChI=1S/C11H16N2O2/c1-13(2)7-6-8-4-3-5-9(10(8)12)11(14)15/h3-5H,6-7,12H2,1-2H3,(H,14,15)/p-1. The third-order valence-corrected chi connectivity index (χ3v) is 2.24. The van der Waals surface area contributed by atoms with Crippen LogP contribution in [0.5, 0.6) is 0 Å². The van der Waals surface area contributed by atoms with Crippen molar-refractivity contribution in [1.29, 1.82) is 0 Å². The maximum Gasteiger partial charge on any atom is 0.0736 e. The van der Waals surface area contributed by atoms with E-state index >= 15 is 0 Å². The highest BCUT2D eigenvalue weighted by atomic mass is 16.4. The molecule has 0 amide bonds. The van der Waals surface area contributed by atoms with Gasteiger partial charge in [-0.05, 0) is 26.1 Å². The number of anilines is 1. The molecule has 15 heavy (non-hydrogen) atoms. The Kier molecular flexibility index (Phi) is 3.68. The van der Waals surface area contributed by atoms with E-state index in [1.807, 2.05) is 25.1 Å². The lowest BCUT2D eigenvalue weighted by atomic mass is 10.0. The van der Waals surface area contributed by atoms with E-state index in [-0.39, 0.29) is 5.56 Å². The zero-order chi connectivity index (χ0) is 11.4. The average Bonchev–Trinajstić information content (AvgIpc) is 2.15. The van der Waals surface area contributed by atoms with Crippen molar-refractivity contribution < 1.29 is 9.90 Å². The van der Waals surface area contributed by atoms with Crippen LogP contribution < -0.4 is 10.8 Å². The SMILES string of the molecule is CN(C)CCc1cccc(C(=O)[O-])c1N. The molecule has 0 heterocycles. The minimum absolute atomic E-state index is 0.0752. The number of nitrogen functional groups attached to an aromatic ring is 1. The normalized spacial score (nSPS) is 10.6. The van der Waals surface area contributed by atoms with Crippen LogP contribution in [-0.2, 0) is 6.42 Å². The Hall–Kier alpha value is -1.55. The lowest BCUT2D eigenvalue weighted by Crippen LogP contribution is -2.24. The number of aromatic carboxylic acids is 1. The van der Waals surface area contributed by atoms with Crippen LogP contribution >= 0.6 is 0 Å². The molecule has 0 aliphatic rings. The first-order valence-electron chi connectivity index (χ1n) is 4.76. The van der Waals surface area contributed by atoms with Crippen molar-refractivity contribution in [2.75, 3.05) is 26.4 Å². The summed E-state index contributed by atoms with van der Waals surface area (Å²) in [6.45, 7) is 0.834. The van der Waals surface area contributed by atoms with Gasteiger partial charge in [-0.2, -0.15) is 0 Å². The molecule has 0 atom stereocenters. The summed E-state index contributed by atoms with van der Waals surface area (Å²) in [6.07, 6.45) is 0.736. The molecule has 2 N–H and O–H groups in total. The van der Waals surface area contributed by atoms with Gasteiger partial charge in [-0.15, -0.1) is 0 Å². The second-order valence-electron chi connectivity index (χ2n) is 3.72. The van der Waals surface area contributed by atoms with Crippen LogP contribution in [-0.4, -0.2) is 31.5 Å². The Bertz CT molecular complexity index is 362. The van der Waals surface area contributed by atoms with Crippen LogP contribution in [0.3, 0.4) is 0 Å². The molecule has 0 bridgehead atoms. The first-order valence-corrected chi connectivity index (χ1v) is 4.76. The Morgan fingerprint density at radius 2 is 2.13 bits per heavy atom. The number of carbonyl (C=O) groups excluding carboxylic acids is 1. The third kappa shape index (κ3) is 2.95. The molecule has 1 rings (SSSR count). The molecule has 4 heteroatoms. The van der Waals surface area contributed by atoms with E-state index in [4.69, 9.17) is 5.73 Å². The Labute approximate surface area is 89.3 Å². The number of carboxylic acids is 1. The molecular formula is C11H15N2O2-. The lowest BCUT2D eigenvalue weighted by Gasteiger charge is -2.14. The van der Waals surface area contributed by atoms with Crippen molar-refractivity contribution in [3.8, 4) is 0 Å². The fraction of sp³-hybridized carbons (Fsp3) is 0.364. The van der Waals surface area contributed by atoms with E-state index in [2.05, 4.69) is 0 Å². The molecule has 0 unspecified atom stereocenters. The van der Waals surface area contributed by atoms with Crippen molar-refractivity contribution in [1.82, 2.24) is 4.90 Å². The maximum atomic E-state index is 10.7. The summed E-state index contributed by atoms with van der Waals surface area (Å²) in [5.41, 5.74) is 6.98. The molecular weight excluding hydrogens is 192 g/mol. The van der Waals surface area contributed by atoms with E-state index in [9.17, 15) is 9.90 Å². The largest absolute Gasteiger partial charge is 0.545 e. The predicted octanol–water partition coefficient (Wildman–Crippen LogP) is -0.264.